The molecule has 0 aliphatic carbocycles. The van der Waals surface area contributed by atoms with Crippen LogP contribution in [-0.2, 0) is 14.8 Å². The van der Waals surface area contributed by atoms with Gasteiger partial charge in [0.15, 0.2) is 6.10 Å². The second-order valence-electron chi connectivity index (χ2n) is 5.33. The largest absolute Gasteiger partial charge is 0.476 e. The molecule has 0 saturated carbocycles. The molecule has 0 spiro atoms. The third kappa shape index (κ3) is 3.64. The molecule has 0 radical (unpaired) electrons. The molecule has 6 nitrogen and oxygen atoms in total. The van der Waals surface area contributed by atoms with Gasteiger partial charge in [0.2, 0.25) is 10.0 Å². The molecular weight excluding hydrogens is 328 g/mol. The van der Waals surface area contributed by atoms with Gasteiger partial charge in [-0.05, 0) is 31.5 Å². The summed E-state index contributed by atoms with van der Waals surface area (Å²) < 4.78 is 30.8. The van der Waals surface area contributed by atoms with Crippen molar-refractivity contribution in [3.63, 3.8) is 0 Å². The van der Waals surface area contributed by atoms with Crippen molar-refractivity contribution < 1.29 is 17.9 Å². The summed E-state index contributed by atoms with van der Waals surface area (Å²) in [5, 5.41) is 3.20. The van der Waals surface area contributed by atoms with Crippen LogP contribution in [0.15, 0.2) is 18.2 Å². The lowest BCUT2D eigenvalue weighted by Crippen LogP contribution is -2.51. The fourth-order valence-corrected chi connectivity index (χ4v) is 3.19. The van der Waals surface area contributed by atoms with Gasteiger partial charge in [0, 0.05) is 11.1 Å². The minimum absolute atomic E-state index is 0.00519. The lowest BCUT2D eigenvalue weighted by Gasteiger charge is -2.34. The molecule has 8 heteroatoms. The summed E-state index contributed by atoms with van der Waals surface area (Å²) in [7, 11) is -3.54. The first kappa shape index (κ1) is 16.9. The van der Waals surface area contributed by atoms with Crippen LogP contribution in [0.25, 0.3) is 0 Å². The standard InChI is InChI=1S/C14H19ClN2O4S/c1-4-9(2)16-14(18)13-8-17(22(3,19)20)11-7-10(15)5-6-12(11)21-13/h5-7,9,13H,4,8H2,1-3H3,(H,16,18)/t9-,13+/m1/s1. The Kier molecular flexibility index (Phi) is 4.87. The van der Waals surface area contributed by atoms with Crippen LogP contribution in [-0.4, -0.2) is 39.3 Å². The molecule has 0 unspecified atom stereocenters. The Hall–Kier alpha value is -1.47. The molecule has 2 atom stereocenters. The van der Waals surface area contributed by atoms with Crippen molar-refractivity contribution in [2.24, 2.45) is 0 Å². The quantitative estimate of drug-likeness (QED) is 0.901. The smallest absolute Gasteiger partial charge is 0.263 e. The molecule has 0 bridgehead atoms. The van der Waals surface area contributed by atoms with E-state index in [1.165, 1.54) is 6.07 Å². The van der Waals surface area contributed by atoms with Crippen LogP contribution in [0.2, 0.25) is 5.02 Å². The summed E-state index contributed by atoms with van der Waals surface area (Å²) in [5.74, 6) is -0.00558. The highest BCUT2D eigenvalue weighted by atomic mass is 35.5. The van der Waals surface area contributed by atoms with E-state index in [1.54, 1.807) is 12.1 Å². The number of hydrogen-bond donors (Lipinski definition) is 1. The van der Waals surface area contributed by atoms with Crippen LogP contribution in [0.5, 0.6) is 5.75 Å². The molecule has 1 N–H and O–H groups in total. The zero-order valence-electron chi connectivity index (χ0n) is 12.7. The van der Waals surface area contributed by atoms with Crippen molar-refractivity contribution in [3.05, 3.63) is 23.2 Å². The number of anilines is 1. The minimum atomic E-state index is -3.54. The monoisotopic (exact) mass is 346 g/mol. The number of carbonyl (C=O) groups excluding carboxylic acids is 1. The first-order valence-electron chi connectivity index (χ1n) is 6.96. The third-order valence-corrected chi connectivity index (χ3v) is 4.87. The van der Waals surface area contributed by atoms with Crippen LogP contribution >= 0.6 is 11.6 Å². The predicted octanol–water partition coefficient (Wildman–Crippen LogP) is 1.78. The predicted molar refractivity (Wildman–Crippen MR) is 86.0 cm³/mol. The maximum atomic E-state index is 12.2. The molecule has 0 saturated heterocycles. The second kappa shape index (κ2) is 6.34. The molecular formula is C14H19ClN2O4S. The van der Waals surface area contributed by atoms with E-state index in [0.717, 1.165) is 17.0 Å². The van der Waals surface area contributed by atoms with Crippen LogP contribution in [0.1, 0.15) is 20.3 Å². The van der Waals surface area contributed by atoms with Gasteiger partial charge in [-0.3, -0.25) is 9.10 Å². The van der Waals surface area contributed by atoms with E-state index in [9.17, 15) is 13.2 Å². The van der Waals surface area contributed by atoms with Crippen LogP contribution in [0, 0.1) is 0 Å². The molecule has 0 aromatic heterocycles. The summed E-state index contributed by atoms with van der Waals surface area (Å²) in [6.45, 7) is 3.75. The molecule has 1 amide bonds. The van der Waals surface area contributed by atoms with E-state index < -0.39 is 16.1 Å². The van der Waals surface area contributed by atoms with E-state index >= 15 is 0 Å². The molecule has 1 aromatic carbocycles. The van der Waals surface area contributed by atoms with Crippen molar-refractivity contribution in [2.75, 3.05) is 17.1 Å². The number of hydrogen-bond acceptors (Lipinski definition) is 4. The van der Waals surface area contributed by atoms with Gasteiger partial charge >= 0.3 is 0 Å². The molecule has 1 aromatic rings. The average Bonchev–Trinajstić information content (AvgIpc) is 2.44. The Balaban J connectivity index is 2.33. The summed E-state index contributed by atoms with van der Waals surface area (Å²) in [4.78, 5) is 12.2. The highest BCUT2D eigenvalue weighted by Crippen LogP contribution is 2.37. The molecule has 0 fully saturated rings. The van der Waals surface area contributed by atoms with E-state index in [0.29, 0.717) is 16.5 Å². The van der Waals surface area contributed by atoms with Crippen molar-refractivity contribution in [3.8, 4) is 5.75 Å². The molecule has 122 valence electrons. The number of nitrogens with zero attached hydrogens (tertiary/aromatic N) is 1. The van der Waals surface area contributed by atoms with E-state index in [-0.39, 0.29) is 18.5 Å². The van der Waals surface area contributed by atoms with Crippen molar-refractivity contribution in [2.45, 2.75) is 32.4 Å². The Morgan fingerprint density at radius 2 is 2.23 bits per heavy atom. The number of amides is 1. The highest BCUT2D eigenvalue weighted by molar-refractivity contribution is 7.92. The van der Waals surface area contributed by atoms with Crippen molar-refractivity contribution in [1.82, 2.24) is 5.32 Å². The number of rotatable bonds is 4. The van der Waals surface area contributed by atoms with E-state index in [2.05, 4.69) is 5.32 Å². The Morgan fingerprint density at radius 1 is 1.55 bits per heavy atom. The SMILES string of the molecule is CC[C@@H](C)NC(=O)[C@@H]1CN(S(C)(=O)=O)c2cc(Cl)ccc2O1. The summed E-state index contributed by atoms with van der Waals surface area (Å²) in [5.41, 5.74) is 0.350. The Bertz CT molecular complexity index is 677. The van der Waals surface area contributed by atoms with Gasteiger partial charge in [0.1, 0.15) is 5.75 Å². The lowest BCUT2D eigenvalue weighted by atomic mass is 10.2. The maximum absolute atomic E-state index is 12.2. The number of nitrogens with one attached hydrogen (secondary N) is 1. The molecule has 1 aliphatic rings. The Labute approximate surface area is 135 Å². The summed E-state index contributed by atoms with van der Waals surface area (Å²) in [6.07, 6.45) is 0.977. The van der Waals surface area contributed by atoms with E-state index in [4.69, 9.17) is 16.3 Å². The molecule has 1 heterocycles. The normalized spacial score (nSPS) is 19.1. The number of carbonyl (C=O) groups is 1. The average molecular weight is 347 g/mol. The summed E-state index contributed by atoms with van der Waals surface area (Å²) >= 11 is 5.92. The first-order chi connectivity index (χ1) is 10.2. The van der Waals surface area contributed by atoms with Gasteiger partial charge in [-0.2, -0.15) is 0 Å². The molecule has 1 aliphatic heterocycles. The van der Waals surface area contributed by atoms with Gasteiger partial charge in [0.05, 0.1) is 18.5 Å². The first-order valence-corrected chi connectivity index (χ1v) is 9.19. The fourth-order valence-electron chi connectivity index (χ4n) is 2.11. The zero-order valence-corrected chi connectivity index (χ0v) is 14.2. The minimum Gasteiger partial charge on any atom is -0.476 e. The van der Waals surface area contributed by atoms with Crippen molar-refractivity contribution in [1.29, 1.82) is 0 Å². The zero-order chi connectivity index (χ0) is 16.5. The van der Waals surface area contributed by atoms with Crippen LogP contribution < -0.4 is 14.4 Å². The highest BCUT2D eigenvalue weighted by Gasteiger charge is 2.35. The Morgan fingerprint density at radius 3 is 2.82 bits per heavy atom. The topological polar surface area (TPSA) is 75.7 Å². The number of benzene rings is 1. The van der Waals surface area contributed by atoms with Gasteiger partial charge < -0.3 is 10.1 Å². The van der Waals surface area contributed by atoms with Crippen LogP contribution in [0.3, 0.4) is 0 Å². The number of fused-ring (bicyclic) bond motifs is 1. The maximum Gasteiger partial charge on any atom is 0.263 e. The molecule has 2 rings (SSSR count). The van der Waals surface area contributed by atoms with Crippen LogP contribution in [0.4, 0.5) is 5.69 Å². The van der Waals surface area contributed by atoms with Gasteiger partial charge in [-0.15, -0.1) is 0 Å². The van der Waals surface area contributed by atoms with Gasteiger partial charge in [-0.1, -0.05) is 18.5 Å². The van der Waals surface area contributed by atoms with Crippen molar-refractivity contribution >= 4 is 33.2 Å². The fraction of sp³-hybridized carbons (Fsp3) is 0.500. The molecule has 22 heavy (non-hydrogen) atoms. The second-order valence-corrected chi connectivity index (χ2v) is 7.67. The van der Waals surface area contributed by atoms with Gasteiger partial charge in [0.25, 0.3) is 5.91 Å². The number of ether oxygens (including phenoxy) is 1. The lowest BCUT2D eigenvalue weighted by molar-refractivity contribution is -0.128. The number of halogens is 1. The summed E-state index contributed by atoms with van der Waals surface area (Å²) in [6, 6.07) is 4.67. The van der Waals surface area contributed by atoms with E-state index in [1.807, 2.05) is 13.8 Å². The third-order valence-electron chi connectivity index (χ3n) is 3.48. The van der Waals surface area contributed by atoms with Gasteiger partial charge in [-0.25, -0.2) is 8.42 Å². The number of sulfonamides is 1.